The van der Waals surface area contributed by atoms with Gasteiger partial charge in [0.15, 0.2) is 0 Å². The van der Waals surface area contributed by atoms with Gasteiger partial charge in [-0.1, -0.05) is 49.9 Å². The van der Waals surface area contributed by atoms with Crippen molar-refractivity contribution in [1.82, 2.24) is 10.2 Å². The van der Waals surface area contributed by atoms with Crippen molar-refractivity contribution in [2.24, 2.45) is 5.41 Å². The molecule has 1 aromatic rings. The summed E-state index contributed by atoms with van der Waals surface area (Å²) in [4.78, 5) is 15.3. The number of morpholine rings is 1. The lowest BCUT2D eigenvalue weighted by molar-refractivity contribution is -0.132. The Morgan fingerprint density at radius 3 is 2.65 bits per heavy atom. The molecule has 1 aliphatic carbocycles. The molecular weight excluding hydrogens is 348 g/mol. The lowest BCUT2D eigenvalue weighted by Crippen LogP contribution is -2.46. The van der Waals surface area contributed by atoms with Crippen LogP contribution in [0.2, 0.25) is 5.02 Å². The number of hydrogen-bond donors (Lipinski definition) is 1. The van der Waals surface area contributed by atoms with Gasteiger partial charge in [-0.15, -0.1) is 0 Å². The molecule has 1 amide bonds. The maximum Gasteiger partial charge on any atom is 0.226 e. The molecule has 0 radical (unpaired) electrons. The first-order valence-corrected chi connectivity index (χ1v) is 10.3. The first-order chi connectivity index (χ1) is 12.5. The summed E-state index contributed by atoms with van der Waals surface area (Å²) in [6.45, 7) is 4.69. The summed E-state index contributed by atoms with van der Waals surface area (Å²) in [5, 5.41) is 4.11. The topological polar surface area (TPSA) is 41.6 Å². The van der Waals surface area contributed by atoms with Crippen LogP contribution in [0, 0.1) is 5.41 Å². The molecule has 1 aromatic carbocycles. The highest BCUT2D eigenvalue weighted by molar-refractivity contribution is 6.30. The molecular formula is C21H29ClN2O2. The van der Waals surface area contributed by atoms with E-state index in [1.54, 1.807) is 0 Å². The first kappa shape index (κ1) is 18.3. The quantitative estimate of drug-likeness (QED) is 0.868. The molecule has 26 heavy (non-hydrogen) atoms. The minimum absolute atomic E-state index is 0.0915. The van der Waals surface area contributed by atoms with Crippen molar-refractivity contribution in [2.75, 3.05) is 19.7 Å². The number of halogens is 1. The third kappa shape index (κ3) is 3.78. The van der Waals surface area contributed by atoms with E-state index < -0.39 is 0 Å². The summed E-state index contributed by atoms with van der Waals surface area (Å²) in [6, 6.07) is 8.61. The van der Waals surface area contributed by atoms with E-state index in [2.05, 4.69) is 17.1 Å². The van der Waals surface area contributed by atoms with Crippen molar-refractivity contribution in [1.29, 1.82) is 0 Å². The van der Waals surface area contributed by atoms with Crippen molar-refractivity contribution in [3.63, 3.8) is 0 Å². The van der Waals surface area contributed by atoms with Gasteiger partial charge in [-0.25, -0.2) is 0 Å². The summed E-state index contributed by atoms with van der Waals surface area (Å²) in [5.41, 5.74) is 1.01. The number of ether oxygens (including phenoxy) is 1. The monoisotopic (exact) mass is 376 g/mol. The van der Waals surface area contributed by atoms with Crippen LogP contribution < -0.4 is 5.32 Å². The third-order valence-corrected chi connectivity index (χ3v) is 6.75. The molecule has 5 heteroatoms. The van der Waals surface area contributed by atoms with Crippen LogP contribution in [0.4, 0.5) is 0 Å². The normalized spacial score (nSPS) is 31.4. The number of benzene rings is 1. The zero-order chi connectivity index (χ0) is 18.1. The van der Waals surface area contributed by atoms with Crippen LogP contribution in [0.15, 0.2) is 24.3 Å². The molecule has 1 saturated carbocycles. The van der Waals surface area contributed by atoms with Crippen LogP contribution in [0.25, 0.3) is 0 Å². The highest BCUT2D eigenvalue weighted by Gasteiger charge is 2.41. The number of hydrogen-bond acceptors (Lipinski definition) is 3. The van der Waals surface area contributed by atoms with E-state index in [9.17, 15) is 4.79 Å². The van der Waals surface area contributed by atoms with Crippen molar-refractivity contribution in [3.8, 4) is 0 Å². The second kappa shape index (κ2) is 7.49. The number of nitrogens with zero attached hydrogens (tertiary/aromatic N) is 1. The predicted molar refractivity (Wildman–Crippen MR) is 103 cm³/mol. The van der Waals surface area contributed by atoms with Gasteiger partial charge in [-0.2, -0.15) is 0 Å². The van der Waals surface area contributed by atoms with E-state index >= 15 is 0 Å². The Morgan fingerprint density at radius 2 is 1.92 bits per heavy atom. The highest BCUT2D eigenvalue weighted by atomic mass is 35.5. The molecule has 0 aromatic heterocycles. The number of nitrogens with one attached hydrogen (secondary N) is 1. The molecule has 3 atom stereocenters. The third-order valence-electron chi connectivity index (χ3n) is 6.50. The average Bonchev–Trinajstić information content (AvgIpc) is 3.04. The smallest absolute Gasteiger partial charge is 0.226 e. The lowest BCUT2D eigenvalue weighted by Gasteiger charge is -2.35. The maximum absolute atomic E-state index is 12.8. The standard InChI is InChI=1S/C21H29ClN2O2/c1-21(9-3-2-4-10-21)20(25)23-17-11-18-14-26-19(13-24(18)12-17)15-5-7-16(22)8-6-15/h5-8,17-19H,2-4,9-14H2,1H3,(H,23,25)/t17-,18-,19+/m0/s1. The van der Waals surface area contributed by atoms with Crippen molar-refractivity contribution in [3.05, 3.63) is 34.9 Å². The van der Waals surface area contributed by atoms with Crippen LogP contribution in [-0.4, -0.2) is 42.6 Å². The minimum atomic E-state index is -0.163. The number of amides is 1. The van der Waals surface area contributed by atoms with Gasteiger partial charge >= 0.3 is 0 Å². The molecule has 0 unspecified atom stereocenters. The molecule has 0 spiro atoms. The molecule has 3 aliphatic rings. The Balaban J connectivity index is 1.34. The van der Waals surface area contributed by atoms with Gasteiger partial charge in [0.1, 0.15) is 0 Å². The van der Waals surface area contributed by atoms with Crippen LogP contribution in [0.1, 0.15) is 57.1 Å². The fourth-order valence-corrected chi connectivity index (χ4v) is 4.90. The van der Waals surface area contributed by atoms with Crippen molar-refractivity contribution in [2.45, 2.75) is 63.6 Å². The minimum Gasteiger partial charge on any atom is -0.371 e. The second-order valence-corrected chi connectivity index (χ2v) is 8.95. The first-order valence-electron chi connectivity index (χ1n) is 9.96. The Labute approximate surface area is 161 Å². The van der Waals surface area contributed by atoms with Gasteiger partial charge in [0.2, 0.25) is 5.91 Å². The van der Waals surface area contributed by atoms with E-state index in [4.69, 9.17) is 16.3 Å². The fraction of sp³-hybridized carbons (Fsp3) is 0.667. The van der Waals surface area contributed by atoms with E-state index in [1.807, 2.05) is 24.3 Å². The number of fused-ring (bicyclic) bond motifs is 1. The molecule has 3 fully saturated rings. The summed E-state index contributed by atoms with van der Waals surface area (Å²) < 4.78 is 6.11. The van der Waals surface area contributed by atoms with Crippen LogP contribution in [0.5, 0.6) is 0 Å². The predicted octanol–water partition coefficient (Wildman–Crippen LogP) is 3.94. The van der Waals surface area contributed by atoms with Gasteiger partial charge in [-0.05, 0) is 37.0 Å². The van der Waals surface area contributed by atoms with Crippen LogP contribution in [0.3, 0.4) is 0 Å². The Bertz CT molecular complexity index is 642. The summed E-state index contributed by atoms with van der Waals surface area (Å²) in [7, 11) is 0. The highest BCUT2D eigenvalue weighted by Crippen LogP contribution is 2.37. The molecule has 2 aliphatic heterocycles. The summed E-state index contributed by atoms with van der Waals surface area (Å²) in [6.07, 6.45) is 6.77. The molecule has 0 bridgehead atoms. The van der Waals surface area contributed by atoms with Gasteiger partial charge < -0.3 is 10.1 Å². The fourth-order valence-electron chi connectivity index (χ4n) is 4.78. The van der Waals surface area contributed by atoms with Gasteiger partial charge in [0, 0.05) is 35.6 Å². The number of carbonyl (C=O) groups excluding carboxylic acids is 1. The summed E-state index contributed by atoms with van der Waals surface area (Å²) in [5.74, 6) is 0.261. The molecule has 4 rings (SSSR count). The van der Waals surface area contributed by atoms with Crippen molar-refractivity contribution >= 4 is 17.5 Å². The molecule has 2 heterocycles. The zero-order valence-corrected chi connectivity index (χ0v) is 16.3. The van der Waals surface area contributed by atoms with Crippen LogP contribution in [-0.2, 0) is 9.53 Å². The lowest BCUT2D eigenvalue weighted by atomic mass is 9.75. The van der Waals surface area contributed by atoms with Gasteiger partial charge in [0.25, 0.3) is 0 Å². The number of rotatable bonds is 3. The zero-order valence-electron chi connectivity index (χ0n) is 15.5. The SMILES string of the molecule is CC1(C(=O)N[C@H]2C[C@H]3CO[C@@H](c4ccc(Cl)cc4)CN3C2)CCCCC1. The molecule has 142 valence electrons. The molecule has 1 N–H and O–H groups in total. The van der Waals surface area contributed by atoms with E-state index in [0.717, 1.165) is 44.0 Å². The van der Waals surface area contributed by atoms with Crippen molar-refractivity contribution < 1.29 is 9.53 Å². The second-order valence-electron chi connectivity index (χ2n) is 8.51. The average molecular weight is 377 g/mol. The molecule has 4 nitrogen and oxygen atoms in total. The Hall–Kier alpha value is -1.10. The van der Waals surface area contributed by atoms with Crippen LogP contribution >= 0.6 is 11.6 Å². The van der Waals surface area contributed by atoms with E-state index in [1.165, 1.54) is 24.8 Å². The Morgan fingerprint density at radius 1 is 1.19 bits per heavy atom. The summed E-state index contributed by atoms with van der Waals surface area (Å²) >= 11 is 5.99. The largest absolute Gasteiger partial charge is 0.371 e. The van der Waals surface area contributed by atoms with E-state index in [0.29, 0.717) is 6.04 Å². The molecule has 2 saturated heterocycles. The Kier molecular flexibility index (Phi) is 5.27. The van der Waals surface area contributed by atoms with Gasteiger partial charge in [-0.3, -0.25) is 9.69 Å². The number of carbonyl (C=O) groups is 1. The maximum atomic E-state index is 12.8. The van der Waals surface area contributed by atoms with E-state index in [-0.39, 0.29) is 23.5 Å². The van der Waals surface area contributed by atoms with Gasteiger partial charge in [0.05, 0.1) is 12.7 Å².